The highest BCUT2D eigenvalue weighted by Crippen LogP contribution is 2.35. The Balaban J connectivity index is 1.59. The quantitative estimate of drug-likeness (QED) is 0.236. The Morgan fingerprint density at radius 1 is 1.22 bits per heavy atom. The second-order valence-corrected chi connectivity index (χ2v) is 12.9. The van der Waals surface area contributed by atoms with Gasteiger partial charge in [0.15, 0.2) is 17.9 Å². The molecule has 0 aliphatic carbocycles. The van der Waals surface area contributed by atoms with Crippen molar-refractivity contribution in [3.8, 4) is 5.75 Å². The number of carbonyl (C=O) groups is 3. The van der Waals surface area contributed by atoms with Gasteiger partial charge in [0.1, 0.15) is 29.4 Å². The third-order valence-electron chi connectivity index (χ3n) is 6.25. The van der Waals surface area contributed by atoms with Gasteiger partial charge in [0.25, 0.3) is 15.9 Å². The zero-order chi connectivity index (χ0) is 30.3. The van der Waals surface area contributed by atoms with Crippen LogP contribution < -0.4 is 9.46 Å². The Hall–Kier alpha value is -3.36. The highest BCUT2D eigenvalue weighted by Gasteiger charge is 2.41. The van der Waals surface area contributed by atoms with Gasteiger partial charge in [-0.2, -0.15) is 0 Å². The van der Waals surface area contributed by atoms with Crippen molar-refractivity contribution in [3.05, 3.63) is 59.0 Å². The summed E-state index contributed by atoms with van der Waals surface area (Å²) in [5, 5.41) is -0.108. The zero-order valence-electron chi connectivity index (χ0n) is 21.2. The average Bonchev–Trinajstić information content (AvgIpc) is 3.44. The molecule has 0 unspecified atom stereocenters. The summed E-state index contributed by atoms with van der Waals surface area (Å²) in [5.41, 5.74) is 0.478. The van der Waals surface area contributed by atoms with Gasteiger partial charge in [-0.05, 0) is 31.2 Å². The van der Waals surface area contributed by atoms with Crippen LogP contribution in [-0.2, 0) is 30.7 Å². The molecular weight excluding hydrogens is 611 g/mol. The standard InChI is InChI=1S/C24H23ClF2N3O9PS/c1-13(31)17-10-29(19-8-15(5-6-16(17)19)39-12-40(34,35)36)11-22(32)30-9-14(26)7-20(30)24(33)28-41(37,38)21-4-2-3-18(25)23(21)27/h2-6,8,10,14,20H,7,9,11-12H2,1H3,(H,28,33)(H2,34,35,36)/t14-,20+/m1/s1. The molecule has 17 heteroatoms. The van der Waals surface area contributed by atoms with Crippen molar-refractivity contribution in [2.75, 3.05) is 12.9 Å². The summed E-state index contributed by atoms with van der Waals surface area (Å²) in [7, 11) is -9.26. The summed E-state index contributed by atoms with van der Waals surface area (Å²) in [6.45, 7) is 0.243. The second kappa shape index (κ2) is 11.5. The fourth-order valence-electron chi connectivity index (χ4n) is 4.42. The number of ether oxygens (including phenoxy) is 1. The number of likely N-dealkylation sites (tertiary alicyclic amines) is 1. The number of ketones is 1. The molecule has 3 aromatic rings. The fraction of sp³-hybridized carbons (Fsp3) is 0.292. The zero-order valence-corrected chi connectivity index (χ0v) is 23.6. The molecule has 41 heavy (non-hydrogen) atoms. The van der Waals surface area contributed by atoms with E-state index in [9.17, 15) is 36.1 Å². The summed E-state index contributed by atoms with van der Waals surface area (Å²) < 4.78 is 73.3. The molecule has 2 amide bonds. The first kappa shape index (κ1) is 30.6. The first-order chi connectivity index (χ1) is 19.1. The molecule has 0 spiro atoms. The lowest BCUT2D eigenvalue weighted by atomic mass is 10.1. The molecule has 0 radical (unpaired) electrons. The fourth-order valence-corrected chi connectivity index (χ4v) is 6.09. The normalized spacial score (nSPS) is 17.6. The van der Waals surface area contributed by atoms with Crippen LogP contribution in [0.2, 0.25) is 5.02 Å². The van der Waals surface area contributed by atoms with Gasteiger partial charge < -0.3 is 24.0 Å². The van der Waals surface area contributed by atoms with Crippen LogP contribution in [0.15, 0.2) is 47.5 Å². The van der Waals surface area contributed by atoms with Crippen molar-refractivity contribution in [1.29, 1.82) is 0 Å². The van der Waals surface area contributed by atoms with E-state index in [-0.39, 0.29) is 22.6 Å². The highest BCUT2D eigenvalue weighted by atomic mass is 35.5. The molecule has 3 N–H and O–H groups in total. The minimum atomic E-state index is -4.76. The summed E-state index contributed by atoms with van der Waals surface area (Å²) in [5.74, 6) is -3.67. The number of rotatable bonds is 9. The minimum Gasteiger partial charge on any atom is -0.481 e. The van der Waals surface area contributed by atoms with Crippen LogP contribution in [0.1, 0.15) is 23.7 Å². The molecule has 1 aliphatic heterocycles. The van der Waals surface area contributed by atoms with Crippen molar-refractivity contribution in [3.63, 3.8) is 0 Å². The predicted octanol–water partition coefficient (Wildman–Crippen LogP) is 2.59. The van der Waals surface area contributed by atoms with Crippen LogP contribution in [0.25, 0.3) is 10.9 Å². The van der Waals surface area contributed by atoms with Crippen LogP contribution in [0.4, 0.5) is 8.78 Å². The largest absolute Gasteiger partial charge is 0.481 e. The number of hydrogen-bond donors (Lipinski definition) is 3. The van der Waals surface area contributed by atoms with Crippen molar-refractivity contribution in [2.45, 2.75) is 37.0 Å². The SMILES string of the molecule is CC(=O)c1cn(CC(=O)N2C[C@H](F)C[C@H]2C(=O)NS(=O)(=O)c2cccc(Cl)c2F)c2cc(OCP(=O)(O)O)ccc12. The number of fused-ring (bicyclic) bond motifs is 1. The molecule has 1 aromatic heterocycles. The van der Waals surface area contributed by atoms with Crippen molar-refractivity contribution in [2.24, 2.45) is 0 Å². The molecule has 4 rings (SSSR count). The first-order valence-electron chi connectivity index (χ1n) is 11.8. The van der Waals surface area contributed by atoms with E-state index in [0.29, 0.717) is 5.39 Å². The number of hydrogen-bond acceptors (Lipinski definition) is 7. The van der Waals surface area contributed by atoms with Crippen LogP contribution in [0.3, 0.4) is 0 Å². The molecule has 2 aromatic carbocycles. The molecule has 2 atom stereocenters. The molecule has 12 nitrogen and oxygen atoms in total. The maximum atomic E-state index is 14.4. The van der Waals surface area contributed by atoms with E-state index in [1.54, 1.807) is 4.72 Å². The smallest absolute Gasteiger partial charge is 0.362 e. The molecule has 1 saturated heterocycles. The minimum absolute atomic E-state index is 0.0310. The van der Waals surface area contributed by atoms with Crippen LogP contribution >= 0.6 is 19.2 Å². The lowest BCUT2D eigenvalue weighted by molar-refractivity contribution is -0.138. The highest BCUT2D eigenvalue weighted by molar-refractivity contribution is 7.90. The molecular formula is C24H23ClF2N3O9PS. The lowest BCUT2D eigenvalue weighted by Gasteiger charge is -2.24. The van der Waals surface area contributed by atoms with Crippen molar-refractivity contribution in [1.82, 2.24) is 14.2 Å². The van der Waals surface area contributed by atoms with Crippen LogP contribution in [-0.4, -0.2) is 70.4 Å². The van der Waals surface area contributed by atoms with Gasteiger partial charge >= 0.3 is 7.60 Å². The van der Waals surface area contributed by atoms with Gasteiger partial charge in [-0.3, -0.25) is 18.9 Å². The van der Waals surface area contributed by atoms with E-state index in [2.05, 4.69) is 0 Å². The number of aromatic nitrogens is 1. The number of sulfonamides is 1. The van der Waals surface area contributed by atoms with Gasteiger partial charge in [-0.1, -0.05) is 17.7 Å². The number of Topliss-reactive ketones (excluding diaryl/α,β-unsaturated/α-hetero) is 1. The lowest BCUT2D eigenvalue weighted by Crippen LogP contribution is -2.48. The van der Waals surface area contributed by atoms with Gasteiger partial charge in [-0.15, -0.1) is 0 Å². The van der Waals surface area contributed by atoms with E-state index in [1.807, 2.05) is 0 Å². The van der Waals surface area contributed by atoms with Gasteiger partial charge in [0.2, 0.25) is 5.91 Å². The Bertz CT molecular complexity index is 1710. The average molecular weight is 634 g/mol. The van der Waals surface area contributed by atoms with Gasteiger partial charge in [0.05, 0.1) is 17.1 Å². The molecule has 220 valence electrons. The summed E-state index contributed by atoms with van der Waals surface area (Å²) in [6, 6.07) is 5.80. The maximum Gasteiger partial charge on any atom is 0.362 e. The molecule has 0 saturated carbocycles. The number of nitrogens with zero attached hydrogens (tertiary/aromatic N) is 2. The van der Waals surface area contributed by atoms with Gasteiger partial charge in [-0.25, -0.2) is 21.9 Å². The first-order valence-corrected chi connectivity index (χ1v) is 15.5. The third-order valence-corrected chi connectivity index (χ3v) is 8.37. The number of amides is 2. The van der Waals surface area contributed by atoms with E-state index in [1.165, 1.54) is 35.9 Å². The molecule has 1 aliphatic rings. The summed E-state index contributed by atoms with van der Waals surface area (Å²) >= 11 is 5.63. The Kier molecular flexibility index (Phi) is 8.58. The van der Waals surface area contributed by atoms with E-state index < -0.39 is 83.2 Å². The number of alkyl halides is 1. The van der Waals surface area contributed by atoms with Crippen molar-refractivity contribution >= 4 is 57.7 Å². The summed E-state index contributed by atoms with van der Waals surface area (Å²) in [6.07, 6.45) is -1.75. The number of carbonyl (C=O) groups excluding carboxylic acids is 3. The Morgan fingerprint density at radius 2 is 1.93 bits per heavy atom. The monoisotopic (exact) mass is 633 g/mol. The van der Waals surface area contributed by atoms with Gasteiger partial charge in [0, 0.05) is 29.6 Å². The summed E-state index contributed by atoms with van der Waals surface area (Å²) in [4.78, 5) is 56.5. The van der Waals surface area contributed by atoms with E-state index in [4.69, 9.17) is 26.1 Å². The second-order valence-electron chi connectivity index (χ2n) is 9.26. The molecule has 0 bridgehead atoms. The van der Waals surface area contributed by atoms with E-state index >= 15 is 0 Å². The Labute approximate surface area is 237 Å². The number of benzene rings is 2. The van der Waals surface area contributed by atoms with Crippen LogP contribution in [0.5, 0.6) is 5.75 Å². The molecule has 2 heterocycles. The number of nitrogens with one attached hydrogen (secondary N) is 1. The Morgan fingerprint density at radius 3 is 2.59 bits per heavy atom. The van der Waals surface area contributed by atoms with Crippen LogP contribution in [0, 0.1) is 5.82 Å². The topological polar surface area (TPSA) is 172 Å². The van der Waals surface area contributed by atoms with Crippen molar-refractivity contribution < 1.29 is 50.7 Å². The van der Waals surface area contributed by atoms with E-state index in [0.717, 1.165) is 23.1 Å². The number of halogens is 3. The predicted molar refractivity (Wildman–Crippen MR) is 141 cm³/mol. The maximum absolute atomic E-state index is 14.4. The third kappa shape index (κ3) is 6.76. The molecule has 1 fully saturated rings.